The maximum atomic E-state index is 6.36. The predicted octanol–water partition coefficient (Wildman–Crippen LogP) is 2.58. The van der Waals surface area contributed by atoms with Gasteiger partial charge in [-0.2, -0.15) is 4.98 Å². The van der Waals surface area contributed by atoms with Crippen molar-refractivity contribution in [3.05, 3.63) is 35.5 Å². The second-order valence-electron chi connectivity index (χ2n) is 6.03. The number of nitrogens with zero attached hydrogens (tertiary/aromatic N) is 2. The van der Waals surface area contributed by atoms with E-state index >= 15 is 0 Å². The van der Waals surface area contributed by atoms with E-state index in [-0.39, 0.29) is 12.4 Å². The lowest BCUT2D eigenvalue weighted by atomic mass is 9.99. The van der Waals surface area contributed by atoms with E-state index in [2.05, 4.69) is 10.1 Å². The average molecular weight is 338 g/mol. The number of benzene rings is 1. The number of halogens is 1. The van der Waals surface area contributed by atoms with Crippen molar-refractivity contribution in [2.45, 2.75) is 37.6 Å². The van der Waals surface area contributed by atoms with Gasteiger partial charge in [0.2, 0.25) is 5.89 Å². The van der Waals surface area contributed by atoms with Crippen molar-refractivity contribution in [2.75, 3.05) is 13.2 Å². The average Bonchev–Trinajstić information content (AvgIpc) is 3.17. The van der Waals surface area contributed by atoms with Crippen molar-refractivity contribution >= 4 is 12.4 Å². The summed E-state index contributed by atoms with van der Waals surface area (Å²) < 4.78 is 16.5. The van der Waals surface area contributed by atoms with Crippen LogP contribution in [0.1, 0.15) is 43.0 Å². The van der Waals surface area contributed by atoms with Gasteiger partial charge in [0.05, 0.1) is 12.0 Å². The molecule has 1 fully saturated rings. The van der Waals surface area contributed by atoms with Crippen LogP contribution < -0.4 is 15.2 Å². The quantitative estimate of drug-likeness (QED) is 0.926. The van der Waals surface area contributed by atoms with Crippen molar-refractivity contribution in [3.8, 4) is 11.5 Å². The molecule has 2 heterocycles. The van der Waals surface area contributed by atoms with E-state index in [1.54, 1.807) is 0 Å². The Kier molecular flexibility index (Phi) is 4.46. The van der Waals surface area contributed by atoms with Gasteiger partial charge in [-0.1, -0.05) is 24.1 Å². The van der Waals surface area contributed by atoms with Crippen LogP contribution >= 0.6 is 12.4 Å². The third-order valence-corrected chi connectivity index (χ3v) is 4.37. The number of rotatable bonds is 3. The van der Waals surface area contributed by atoms with E-state index < -0.39 is 5.54 Å². The lowest BCUT2D eigenvalue weighted by Crippen LogP contribution is -2.34. The first-order valence-corrected chi connectivity index (χ1v) is 7.73. The van der Waals surface area contributed by atoms with Crippen LogP contribution in [0.2, 0.25) is 0 Å². The molecule has 4 rings (SSSR count). The molecule has 0 unspecified atom stereocenters. The first-order chi connectivity index (χ1) is 10.7. The summed E-state index contributed by atoms with van der Waals surface area (Å²) in [4.78, 5) is 4.50. The van der Waals surface area contributed by atoms with E-state index in [4.69, 9.17) is 19.7 Å². The Hall–Kier alpha value is -1.79. The Labute approximate surface area is 140 Å². The van der Waals surface area contributed by atoms with E-state index in [0.717, 1.165) is 42.7 Å². The molecule has 0 atom stereocenters. The molecule has 124 valence electrons. The zero-order chi connectivity index (χ0) is 15.0. The zero-order valence-corrected chi connectivity index (χ0v) is 13.6. The lowest BCUT2D eigenvalue weighted by Gasteiger charge is -2.18. The van der Waals surface area contributed by atoms with Crippen LogP contribution in [0.15, 0.2) is 22.7 Å². The summed E-state index contributed by atoms with van der Waals surface area (Å²) >= 11 is 0. The van der Waals surface area contributed by atoms with Crippen LogP contribution in [0, 0.1) is 0 Å². The van der Waals surface area contributed by atoms with Crippen LogP contribution in [0.4, 0.5) is 0 Å². The first-order valence-electron chi connectivity index (χ1n) is 7.73. The molecule has 1 aliphatic carbocycles. The fraction of sp³-hybridized carbons (Fsp3) is 0.500. The van der Waals surface area contributed by atoms with Gasteiger partial charge in [0, 0.05) is 0 Å². The third kappa shape index (κ3) is 3.14. The Morgan fingerprint density at radius 1 is 1.09 bits per heavy atom. The molecule has 0 saturated heterocycles. The number of fused-ring (bicyclic) bond motifs is 1. The monoisotopic (exact) mass is 337 g/mol. The Balaban J connectivity index is 0.00000156. The third-order valence-electron chi connectivity index (χ3n) is 4.37. The lowest BCUT2D eigenvalue weighted by molar-refractivity contribution is 0.171. The van der Waals surface area contributed by atoms with Crippen molar-refractivity contribution in [1.29, 1.82) is 0 Å². The number of ether oxygens (including phenoxy) is 2. The minimum atomic E-state index is -0.408. The van der Waals surface area contributed by atoms with Gasteiger partial charge in [-0.3, -0.25) is 0 Å². The van der Waals surface area contributed by atoms with Gasteiger partial charge >= 0.3 is 0 Å². The maximum Gasteiger partial charge on any atom is 0.231 e. The van der Waals surface area contributed by atoms with E-state index in [1.165, 1.54) is 0 Å². The minimum absolute atomic E-state index is 0. The molecule has 0 bridgehead atoms. The molecule has 2 aliphatic rings. The van der Waals surface area contributed by atoms with Crippen LogP contribution in [0.25, 0.3) is 0 Å². The number of nitrogens with two attached hydrogens (primary N) is 1. The number of aromatic nitrogens is 2. The Bertz CT molecular complexity index is 683. The van der Waals surface area contributed by atoms with Gasteiger partial charge < -0.3 is 19.7 Å². The SMILES string of the molecule is Cl.NC1(c2noc(Cc3ccc4c(c3)OCCO4)n2)CCCC1. The zero-order valence-electron chi connectivity index (χ0n) is 12.8. The summed E-state index contributed by atoms with van der Waals surface area (Å²) in [5.41, 5.74) is 7.00. The summed E-state index contributed by atoms with van der Waals surface area (Å²) in [5, 5.41) is 4.09. The van der Waals surface area contributed by atoms with Crippen molar-refractivity contribution in [3.63, 3.8) is 0 Å². The molecule has 7 heteroatoms. The highest BCUT2D eigenvalue weighted by atomic mass is 35.5. The van der Waals surface area contributed by atoms with Gasteiger partial charge in [-0.25, -0.2) is 0 Å². The van der Waals surface area contributed by atoms with Gasteiger partial charge in [0.15, 0.2) is 17.3 Å². The van der Waals surface area contributed by atoms with Gasteiger partial charge in [-0.05, 0) is 30.5 Å². The second kappa shape index (κ2) is 6.37. The Morgan fingerprint density at radius 3 is 2.61 bits per heavy atom. The highest BCUT2D eigenvalue weighted by Crippen LogP contribution is 2.35. The fourth-order valence-electron chi connectivity index (χ4n) is 3.13. The highest BCUT2D eigenvalue weighted by Gasteiger charge is 2.35. The summed E-state index contributed by atoms with van der Waals surface area (Å²) in [7, 11) is 0. The van der Waals surface area contributed by atoms with E-state index in [0.29, 0.717) is 31.3 Å². The van der Waals surface area contributed by atoms with E-state index in [9.17, 15) is 0 Å². The molecule has 1 aromatic heterocycles. The van der Waals surface area contributed by atoms with Crippen molar-refractivity contribution in [2.24, 2.45) is 5.73 Å². The van der Waals surface area contributed by atoms with Crippen molar-refractivity contribution < 1.29 is 14.0 Å². The standard InChI is InChI=1S/C16H19N3O3.ClH/c17-16(5-1-2-6-16)15-18-14(22-19-15)10-11-3-4-12-13(9-11)21-8-7-20-12;/h3-4,9H,1-2,5-8,10,17H2;1H. The van der Waals surface area contributed by atoms with Crippen LogP contribution in [0.5, 0.6) is 11.5 Å². The largest absolute Gasteiger partial charge is 0.486 e. The van der Waals surface area contributed by atoms with Crippen molar-refractivity contribution in [1.82, 2.24) is 10.1 Å². The molecule has 2 N–H and O–H groups in total. The van der Waals surface area contributed by atoms with E-state index in [1.807, 2.05) is 18.2 Å². The Morgan fingerprint density at radius 2 is 1.83 bits per heavy atom. The van der Waals surface area contributed by atoms with Gasteiger partial charge in [0.25, 0.3) is 0 Å². The molecule has 1 saturated carbocycles. The topological polar surface area (TPSA) is 83.4 Å². The molecule has 23 heavy (non-hydrogen) atoms. The summed E-state index contributed by atoms with van der Waals surface area (Å²) in [6.45, 7) is 1.18. The van der Waals surface area contributed by atoms with Gasteiger partial charge in [0.1, 0.15) is 13.2 Å². The molecular weight excluding hydrogens is 318 g/mol. The summed E-state index contributed by atoms with van der Waals surface area (Å²) in [5.74, 6) is 2.78. The molecular formula is C16H20ClN3O3. The maximum absolute atomic E-state index is 6.36. The first kappa shape index (κ1) is 16.1. The minimum Gasteiger partial charge on any atom is -0.486 e. The van der Waals surface area contributed by atoms with Crippen LogP contribution in [-0.4, -0.2) is 23.4 Å². The summed E-state index contributed by atoms with van der Waals surface area (Å²) in [6, 6.07) is 5.87. The molecule has 1 aromatic carbocycles. The molecule has 0 radical (unpaired) electrons. The number of hydrogen-bond acceptors (Lipinski definition) is 6. The molecule has 2 aromatic rings. The number of hydrogen-bond donors (Lipinski definition) is 1. The van der Waals surface area contributed by atoms with Crippen LogP contribution in [0.3, 0.4) is 0 Å². The summed E-state index contributed by atoms with van der Waals surface area (Å²) in [6.07, 6.45) is 4.68. The molecule has 0 amide bonds. The molecule has 1 aliphatic heterocycles. The second-order valence-corrected chi connectivity index (χ2v) is 6.03. The predicted molar refractivity (Wildman–Crippen MR) is 86.1 cm³/mol. The van der Waals surface area contributed by atoms with Gasteiger partial charge in [-0.15, -0.1) is 12.4 Å². The fourth-order valence-corrected chi connectivity index (χ4v) is 3.13. The highest BCUT2D eigenvalue weighted by molar-refractivity contribution is 5.85. The molecule has 6 nitrogen and oxygen atoms in total. The molecule has 0 spiro atoms. The van der Waals surface area contributed by atoms with Crippen LogP contribution in [-0.2, 0) is 12.0 Å². The smallest absolute Gasteiger partial charge is 0.231 e. The normalized spacial score (nSPS) is 18.5.